The number of thiazole rings is 1. The van der Waals surface area contributed by atoms with E-state index in [-0.39, 0.29) is 5.56 Å². The minimum Gasteiger partial charge on any atom is -0.326 e. The highest BCUT2D eigenvalue weighted by Gasteiger charge is 2.20. The summed E-state index contributed by atoms with van der Waals surface area (Å²) in [5.74, 6) is 0. The second kappa shape index (κ2) is 5.27. The highest BCUT2D eigenvalue weighted by molar-refractivity contribution is 7.11. The average molecular weight is 275 g/mol. The molecule has 19 heavy (non-hydrogen) atoms. The SMILES string of the molecule is Cc1ncc(CNC2CCCc3[nH]c(=O)ccc32)s1. The molecule has 0 fully saturated rings. The molecule has 0 spiro atoms. The van der Waals surface area contributed by atoms with Crippen LogP contribution in [0.5, 0.6) is 0 Å². The molecule has 100 valence electrons. The average Bonchev–Trinajstić information content (AvgIpc) is 2.81. The van der Waals surface area contributed by atoms with Crippen molar-refractivity contribution in [3.8, 4) is 0 Å². The molecule has 0 aliphatic heterocycles. The summed E-state index contributed by atoms with van der Waals surface area (Å²) in [4.78, 5) is 19.8. The first-order valence-corrected chi connectivity index (χ1v) is 7.41. The largest absolute Gasteiger partial charge is 0.326 e. The van der Waals surface area contributed by atoms with E-state index in [1.165, 1.54) is 10.4 Å². The van der Waals surface area contributed by atoms with Crippen molar-refractivity contribution in [2.45, 2.75) is 38.8 Å². The summed E-state index contributed by atoms with van der Waals surface area (Å²) in [5, 5.41) is 4.68. The number of aromatic amines is 1. The standard InChI is InChI=1S/C14H17N3OS/c1-9-15-7-10(19-9)8-16-12-3-2-4-13-11(12)5-6-14(18)17-13/h5-7,12,16H,2-4,8H2,1H3,(H,17,18). The Hall–Kier alpha value is -1.46. The predicted octanol–water partition coefficient (Wildman–Crippen LogP) is 2.31. The van der Waals surface area contributed by atoms with Gasteiger partial charge in [0.1, 0.15) is 0 Å². The number of nitrogens with zero attached hydrogens (tertiary/aromatic N) is 1. The molecule has 1 atom stereocenters. The van der Waals surface area contributed by atoms with E-state index in [1.54, 1.807) is 17.4 Å². The van der Waals surface area contributed by atoms with E-state index in [9.17, 15) is 4.79 Å². The Labute approximate surface area is 115 Å². The summed E-state index contributed by atoms with van der Waals surface area (Å²) < 4.78 is 0. The second-order valence-corrected chi connectivity index (χ2v) is 6.25. The fourth-order valence-electron chi connectivity index (χ4n) is 2.62. The number of rotatable bonds is 3. The van der Waals surface area contributed by atoms with Crippen LogP contribution in [0.25, 0.3) is 0 Å². The Morgan fingerprint density at radius 2 is 2.42 bits per heavy atom. The van der Waals surface area contributed by atoms with Crippen LogP contribution >= 0.6 is 11.3 Å². The third kappa shape index (κ3) is 2.77. The lowest BCUT2D eigenvalue weighted by Crippen LogP contribution is -2.26. The molecule has 2 N–H and O–H groups in total. The fraction of sp³-hybridized carbons (Fsp3) is 0.429. The molecular weight excluding hydrogens is 258 g/mol. The molecular formula is C14H17N3OS. The number of nitrogens with one attached hydrogen (secondary N) is 2. The van der Waals surface area contributed by atoms with Crippen LogP contribution in [-0.2, 0) is 13.0 Å². The molecule has 1 unspecified atom stereocenters. The van der Waals surface area contributed by atoms with Gasteiger partial charge >= 0.3 is 0 Å². The van der Waals surface area contributed by atoms with Gasteiger partial charge in [-0.25, -0.2) is 4.98 Å². The monoisotopic (exact) mass is 275 g/mol. The molecule has 2 heterocycles. The van der Waals surface area contributed by atoms with Gasteiger partial charge in [-0.1, -0.05) is 6.07 Å². The number of hydrogen-bond donors (Lipinski definition) is 2. The van der Waals surface area contributed by atoms with Gasteiger partial charge in [0.2, 0.25) is 5.56 Å². The van der Waals surface area contributed by atoms with Gasteiger partial charge in [0.15, 0.2) is 0 Å². The summed E-state index contributed by atoms with van der Waals surface area (Å²) in [6.45, 7) is 2.86. The van der Waals surface area contributed by atoms with Crippen molar-refractivity contribution in [3.63, 3.8) is 0 Å². The third-order valence-corrected chi connectivity index (χ3v) is 4.44. The van der Waals surface area contributed by atoms with E-state index >= 15 is 0 Å². The van der Waals surface area contributed by atoms with Crippen molar-refractivity contribution in [3.05, 3.63) is 49.8 Å². The second-order valence-electron chi connectivity index (χ2n) is 4.93. The van der Waals surface area contributed by atoms with Crippen molar-refractivity contribution in [2.24, 2.45) is 0 Å². The Morgan fingerprint density at radius 3 is 3.21 bits per heavy atom. The molecule has 0 saturated heterocycles. The molecule has 0 bridgehead atoms. The number of hydrogen-bond acceptors (Lipinski definition) is 4. The number of pyridine rings is 1. The third-order valence-electron chi connectivity index (χ3n) is 3.52. The van der Waals surface area contributed by atoms with Crippen molar-refractivity contribution in [1.82, 2.24) is 15.3 Å². The Balaban J connectivity index is 1.75. The van der Waals surface area contributed by atoms with Gasteiger partial charge in [-0.05, 0) is 31.7 Å². The number of aromatic nitrogens is 2. The Kier molecular flexibility index (Phi) is 3.48. The van der Waals surface area contributed by atoms with Crippen LogP contribution < -0.4 is 10.9 Å². The summed E-state index contributed by atoms with van der Waals surface area (Å²) in [5.41, 5.74) is 2.33. The molecule has 0 aromatic carbocycles. The predicted molar refractivity (Wildman–Crippen MR) is 76.4 cm³/mol. The zero-order valence-electron chi connectivity index (χ0n) is 10.9. The number of fused-ring (bicyclic) bond motifs is 1. The first-order chi connectivity index (χ1) is 9.22. The summed E-state index contributed by atoms with van der Waals surface area (Å²) >= 11 is 1.73. The van der Waals surface area contributed by atoms with E-state index in [2.05, 4.69) is 15.3 Å². The van der Waals surface area contributed by atoms with Gasteiger partial charge in [0.25, 0.3) is 0 Å². The van der Waals surface area contributed by atoms with Crippen molar-refractivity contribution in [1.29, 1.82) is 0 Å². The highest BCUT2D eigenvalue weighted by atomic mass is 32.1. The van der Waals surface area contributed by atoms with Crippen LogP contribution in [-0.4, -0.2) is 9.97 Å². The Morgan fingerprint density at radius 1 is 1.53 bits per heavy atom. The molecule has 2 aromatic heterocycles. The molecule has 0 radical (unpaired) electrons. The van der Waals surface area contributed by atoms with E-state index < -0.39 is 0 Å². The minimum absolute atomic E-state index is 0.00233. The van der Waals surface area contributed by atoms with Crippen LogP contribution in [0.1, 0.15) is 40.0 Å². The van der Waals surface area contributed by atoms with Crippen molar-refractivity contribution in [2.75, 3.05) is 0 Å². The van der Waals surface area contributed by atoms with E-state index in [1.807, 2.05) is 19.2 Å². The first kappa shape index (κ1) is 12.6. The van der Waals surface area contributed by atoms with Gasteiger partial charge in [-0.2, -0.15) is 0 Å². The minimum atomic E-state index is -0.00233. The fourth-order valence-corrected chi connectivity index (χ4v) is 3.37. The zero-order valence-corrected chi connectivity index (χ0v) is 11.7. The lowest BCUT2D eigenvalue weighted by molar-refractivity contribution is 0.455. The smallest absolute Gasteiger partial charge is 0.248 e. The summed E-state index contributed by atoms with van der Waals surface area (Å²) in [6, 6.07) is 3.92. The highest BCUT2D eigenvalue weighted by Crippen LogP contribution is 2.28. The molecule has 0 saturated carbocycles. The van der Waals surface area contributed by atoms with E-state index in [0.717, 1.165) is 36.5 Å². The quantitative estimate of drug-likeness (QED) is 0.903. The van der Waals surface area contributed by atoms with Crippen LogP contribution in [0.3, 0.4) is 0 Å². The van der Waals surface area contributed by atoms with Crippen LogP contribution in [0.2, 0.25) is 0 Å². The maximum absolute atomic E-state index is 11.3. The molecule has 0 amide bonds. The van der Waals surface area contributed by atoms with Crippen LogP contribution in [0.4, 0.5) is 0 Å². The summed E-state index contributed by atoms with van der Waals surface area (Å²) in [7, 11) is 0. The normalized spacial score (nSPS) is 18.3. The topological polar surface area (TPSA) is 57.8 Å². The maximum Gasteiger partial charge on any atom is 0.248 e. The first-order valence-electron chi connectivity index (χ1n) is 6.59. The van der Waals surface area contributed by atoms with Crippen LogP contribution in [0.15, 0.2) is 23.1 Å². The molecule has 2 aromatic rings. The van der Waals surface area contributed by atoms with E-state index in [4.69, 9.17) is 0 Å². The molecule has 3 rings (SSSR count). The lowest BCUT2D eigenvalue weighted by Gasteiger charge is -2.25. The number of H-pyrrole nitrogens is 1. The Bertz CT molecular complexity index is 632. The van der Waals surface area contributed by atoms with Gasteiger partial charge in [0, 0.05) is 35.4 Å². The van der Waals surface area contributed by atoms with Crippen LogP contribution in [0, 0.1) is 6.92 Å². The molecule has 1 aliphatic carbocycles. The zero-order chi connectivity index (χ0) is 13.2. The molecule has 4 nitrogen and oxygen atoms in total. The van der Waals surface area contributed by atoms with Gasteiger partial charge in [0.05, 0.1) is 5.01 Å². The van der Waals surface area contributed by atoms with Gasteiger partial charge in [-0.15, -0.1) is 11.3 Å². The van der Waals surface area contributed by atoms with Crippen molar-refractivity contribution >= 4 is 11.3 Å². The van der Waals surface area contributed by atoms with E-state index in [0.29, 0.717) is 6.04 Å². The van der Waals surface area contributed by atoms with Gasteiger partial charge < -0.3 is 10.3 Å². The lowest BCUT2D eigenvalue weighted by atomic mass is 9.91. The number of aryl methyl sites for hydroxylation is 2. The summed E-state index contributed by atoms with van der Waals surface area (Å²) in [6.07, 6.45) is 5.15. The molecule has 5 heteroatoms. The van der Waals surface area contributed by atoms with Gasteiger partial charge in [-0.3, -0.25) is 4.79 Å². The maximum atomic E-state index is 11.3. The molecule has 1 aliphatic rings. The van der Waals surface area contributed by atoms with Crippen molar-refractivity contribution < 1.29 is 0 Å².